The molecular weight excluding hydrogens is 560 g/mol. The van der Waals surface area contributed by atoms with Crippen molar-refractivity contribution in [2.45, 2.75) is 83.0 Å². The second-order valence-electron chi connectivity index (χ2n) is 8.88. The van der Waals surface area contributed by atoms with Crippen LogP contribution >= 0.6 is 0 Å². The monoisotopic (exact) mass is 595 g/mol. The van der Waals surface area contributed by atoms with E-state index in [0.29, 0.717) is 12.8 Å². The first kappa shape index (κ1) is 24.7. The van der Waals surface area contributed by atoms with Gasteiger partial charge in [-0.05, 0) is 50.0 Å². The standard InChI is InChI=1S/C23H35NO2.U/c1-7-17(8-2)21(25)24-19-14-20(15-19)26-23(5,6)16-22(3,4)18-12-10-9-11-13-18;/h9-13,17,19-20H,1-2,7-8,14-16H2,3-6H3,(H,24,25);/q-2;+2. The summed E-state index contributed by atoms with van der Waals surface area (Å²) in [6.07, 6.45) is 4.15. The number of benzene rings is 1. The number of rotatable bonds is 9. The van der Waals surface area contributed by atoms with E-state index in [-0.39, 0.29) is 66.1 Å². The fourth-order valence-electron chi connectivity index (χ4n) is 4.05. The van der Waals surface area contributed by atoms with Crippen LogP contribution in [0.25, 0.3) is 0 Å². The molecule has 0 atom stereocenters. The second kappa shape index (κ2) is 10.5. The first-order chi connectivity index (χ1) is 12.2. The predicted octanol–water partition coefficient (Wildman–Crippen LogP) is 4.86. The molecule has 3 nitrogen and oxygen atoms in total. The van der Waals surface area contributed by atoms with E-state index in [2.05, 4.69) is 77.2 Å². The summed E-state index contributed by atoms with van der Waals surface area (Å²) in [5.74, 6) is 0.0148. The van der Waals surface area contributed by atoms with Crippen LogP contribution in [-0.2, 0) is 14.9 Å². The quantitative estimate of drug-likeness (QED) is 0.415. The van der Waals surface area contributed by atoms with Crippen molar-refractivity contribution in [1.82, 2.24) is 5.32 Å². The van der Waals surface area contributed by atoms with Gasteiger partial charge in [0.25, 0.3) is 0 Å². The molecule has 1 N–H and O–H groups in total. The van der Waals surface area contributed by atoms with Crippen molar-refractivity contribution in [3.8, 4) is 0 Å². The number of nitrogens with one attached hydrogen (secondary N) is 1. The molecule has 0 radical (unpaired) electrons. The van der Waals surface area contributed by atoms with Crippen LogP contribution in [0.15, 0.2) is 30.3 Å². The van der Waals surface area contributed by atoms with Crippen LogP contribution in [-0.4, -0.2) is 23.7 Å². The molecule has 0 spiro atoms. The number of hydrogen-bond donors (Lipinski definition) is 1. The summed E-state index contributed by atoms with van der Waals surface area (Å²) in [6.45, 7) is 16.5. The molecule has 0 aliphatic heterocycles. The van der Waals surface area contributed by atoms with Crippen LogP contribution in [0.5, 0.6) is 0 Å². The maximum absolute atomic E-state index is 12.1. The van der Waals surface area contributed by atoms with Gasteiger partial charge in [0.1, 0.15) is 0 Å². The van der Waals surface area contributed by atoms with Gasteiger partial charge in [0.15, 0.2) is 0 Å². The number of carbonyl (C=O) groups excluding carboxylic acids is 1. The van der Waals surface area contributed by atoms with Gasteiger partial charge in [0.05, 0.1) is 11.7 Å². The van der Waals surface area contributed by atoms with Crippen molar-refractivity contribution in [2.75, 3.05) is 0 Å². The van der Waals surface area contributed by atoms with Gasteiger partial charge >= 0.3 is 31.1 Å². The average molecular weight is 596 g/mol. The van der Waals surface area contributed by atoms with Crippen LogP contribution in [0.1, 0.15) is 65.4 Å². The number of carbonyl (C=O) groups is 1. The van der Waals surface area contributed by atoms with E-state index >= 15 is 0 Å². The topological polar surface area (TPSA) is 38.3 Å². The van der Waals surface area contributed by atoms with E-state index in [1.165, 1.54) is 5.56 Å². The summed E-state index contributed by atoms with van der Waals surface area (Å²) in [7, 11) is 0. The molecule has 1 aliphatic rings. The third-order valence-corrected chi connectivity index (χ3v) is 5.42. The maximum atomic E-state index is 12.1. The minimum atomic E-state index is -0.206. The zero-order valence-electron chi connectivity index (χ0n) is 17.4. The molecule has 0 heterocycles. The molecule has 1 aromatic carbocycles. The molecule has 27 heavy (non-hydrogen) atoms. The van der Waals surface area contributed by atoms with Crippen LogP contribution in [0, 0.1) is 50.9 Å². The van der Waals surface area contributed by atoms with Crippen molar-refractivity contribution in [2.24, 2.45) is 5.92 Å². The summed E-state index contributed by atoms with van der Waals surface area (Å²) < 4.78 is 6.38. The molecule has 1 saturated carbocycles. The SMILES string of the molecule is [CH2-]CC(C[CH2-])C(=O)NC1CC(OC(C)(C)CC(C)(C)c2ccccc2)C1.[U+2]. The predicted molar refractivity (Wildman–Crippen MR) is 108 cm³/mol. The molecule has 1 aromatic rings. The number of hydrogen-bond acceptors (Lipinski definition) is 2. The molecule has 148 valence electrons. The van der Waals surface area contributed by atoms with Crippen LogP contribution in [0.3, 0.4) is 0 Å². The smallest absolute Gasteiger partial charge is 0.372 e. The molecule has 0 unspecified atom stereocenters. The molecule has 1 amide bonds. The van der Waals surface area contributed by atoms with E-state index in [9.17, 15) is 4.79 Å². The molecule has 0 bridgehead atoms. The Morgan fingerprint density at radius 1 is 1.15 bits per heavy atom. The Labute approximate surface area is 189 Å². The summed E-state index contributed by atoms with van der Waals surface area (Å²) in [5.41, 5.74) is 1.18. The van der Waals surface area contributed by atoms with E-state index in [1.54, 1.807) is 0 Å². The van der Waals surface area contributed by atoms with E-state index in [4.69, 9.17) is 4.74 Å². The van der Waals surface area contributed by atoms with Crippen molar-refractivity contribution in [3.63, 3.8) is 0 Å². The van der Waals surface area contributed by atoms with Gasteiger partial charge in [0, 0.05) is 6.04 Å². The van der Waals surface area contributed by atoms with Gasteiger partial charge in [0.2, 0.25) is 5.91 Å². The van der Waals surface area contributed by atoms with Gasteiger partial charge in [-0.15, -0.1) is 0 Å². The Balaban J connectivity index is 0.00000364. The minimum Gasteiger partial charge on any atom is -0.372 e. The summed E-state index contributed by atoms with van der Waals surface area (Å²) >= 11 is 0. The fraction of sp³-hybridized carbons (Fsp3) is 0.609. The Morgan fingerprint density at radius 3 is 2.22 bits per heavy atom. The molecular formula is C23H35NO2U. The van der Waals surface area contributed by atoms with Crippen molar-refractivity contribution >= 4 is 5.91 Å². The van der Waals surface area contributed by atoms with Crippen LogP contribution < -0.4 is 5.32 Å². The molecule has 2 rings (SSSR count). The maximum Gasteiger partial charge on any atom is 2.00 e. The second-order valence-corrected chi connectivity index (χ2v) is 8.88. The fourth-order valence-corrected chi connectivity index (χ4v) is 4.05. The zero-order valence-corrected chi connectivity index (χ0v) is 21.5. The molecule has 0 saturated heterocycles. The van der Waals surface area contributed by atoms with Crippen molar-refractivity contribution in [1.29, 1.82) is 0 Å². The van der Waals surface area contributed by atoms with Gasteiger partial charge in [-0.1, -0.05) is 44.2 Å². The molecule has 0 aromatic heterocycles. The van der Waals surface area contributed by atoms with Gasteiger partial charge in [-0.2, -0.15) is 12.8 Å². The van der Waals surface area contributed by atoms with Crippen molar-refractivity contribution < 1.29 is 40.6 Å². The third-order valence-electron chi connectivity index (χ3n) is 5.42. The molecule has 4 heteroatoms. The summed E-state index contributed by atoms with van der Waals surface area (Å²) in [4.78, 5) is 12.1. The summed E-state index contributed by atoms with van der Waals surface area (Å²) in [5, 5.41) is 3.11. The van der Waals surface area contributed by atoms with E-state index in [1.807, 2.05) is 0 Å². The van der Waals surface area contributed by atoms with Gasteiger partial charge in [-0.25, -0.2) is 0 Å². The molecule has 1 aliphatic carbocycles. The van der Waals surface area contributed by atoms with Crippen molar-refractivity contribution in [3.05, 3.63) is 49.7 Å². The normalized spacial score (nSPS) is 20.0. The van der Waals surface area contributed by atoms with Crippen LogP contribution in [0.4, 0.5) is 0 Å². The Kier molecular flexibility index (Phi) is 9.59. The number of amides is 1. The summed E-state index contributed by atoms with van der Waals surface area (Å²) in [6, 6.07) is 10.8. The Morgan fingerprint density at radius 2 is 1.70 bits per heavy atom. The van der Waals surface area contributed by atoms with Gasteiger partial charge in [-0.3, -0.25) is 4.79 Å². The minimum absolute atomic E-state index is 0. The number of ether oxygens (including phenoxy) is 1. The van der Waals surface area contributed by atoms with Crippen LogP contribution in [0.2, 0.25) is 0 Å². The largest absolute Gasteiger partial charge is 2.00 e. The third kappa shape index (κ3) is 7.23. The average Bonchev–Trinajstić information content (AvgIpc) is 2.53. The zero-order chi connectivity index (χ0) is 19.4. The Bertz CT molecular complexity index is 575. The molecule has 1 fully saturated rings. The first-order valence-corrected chi connectivity index (χ1v) is 9.79. The van der Waals surface area contributed by atoms with E-state index in [0.717, 1.165) is 19.3 Å². The Hall–Kier alpha value is -0.298. The first-order valence-electron chi connectivity index (χ1n) is 9.79. The van der Waals surface area contributed by atoms with E-state index < -0.39 is 0 Å². The van der Waals surface area contributed by atoms with Gasteiger partial charge < -0.3 is 23.9 Å².